The van der Waals surface area contributed by atoms with Gasteiger partial charge in [-0.2, -0.15) is 0 Å². The molecule has 0 aliphatic heterocycles. The molecule has 1 fully saturated rings. The molecule has 5 heteroatoms. The fourth-order valence-corrected chi connectivity index (χ4v) is 2.77. The third kappa shape index (κ3) is 3.22. The normalized spacial score (nSPS) is 18.2. The molecule has 1 saturated carbocycles. The molecule has 0 heterocycles. The third-order valence-corrected chi connectivity index (χ3v) is 4.07. The van der Waals surface area contributed by atoms with Crippen LogP contribution in [0, 0.1) is 0 Å². The van der Waals surface area contributed by atoms with E-state index >= 15 is 0 Å². The van der Waals surface area contributed by atoms with Crippen LogP contribution in [0.4, 0.5) is 0 Å². The Hall–Kier alpha value is -1.75. The summed E-state index contributed by atoms with van der Waals surface area (Å²) >= 11 is 0. The van der Waals surface area contributed by atoms with E-state index < -0.39 is 0 Å². The number of nitrogens with two attached hydrogens (primary N) is 1. The van der Waals surface area contributed by atoms with Crippen molar-refractivity contribution in [3.63, 3.8) is 0 Å². The number of hydrogen-bond donors (Lipinski definition) is 3. The summed E-state index contributed by atoms with van der Waals surface area (Å²) in [6.07, 6.45) is 5.02. The minimum Gasteiger partial charge on any atom is -0.496 e. The van der Waals surface area contributed by atoms with E-state index in [0.29, 0.717) is 11.3 Å². The summed E-state index contributed by atoms with van der Waals surface area (Å²) in [5.74, 6) is 0.673. The molecule has 2 rings (SSSR count). The first-order valence-corrected chi connectivity index (χ1v) is 6.98. The summed E-state index contributed by atoms with van der Waals surface area (Å²) in [7, 11) is 1.57. The lowest BCUT2D eigenvalue weighted by atomic mass is 10.00. The Morgan fingerprint density at radius 3 is 2.75 bits per heavy atom. The van der Waals surface area contributed by atoms with Gasteiger partial charge in [-0.15, -0.1) is 0 Å². The smallest absolute Gasteiger partial charge is 0.173 e. The minimum absolute atomic E-state index is 0.0655. The van der Waals surface area contributed by atoms with Crippen molar-refractivity contribution in [2.45, 2.75) is 44.7 Å². The molecule has 0 saturated heterocycles. The number of amidine groups is 1. The largest absolute Gasteiger partial charge is 0.496 e. The highest BCUT2D eigenvalue weighted by atomic mass is 16.5. The van der Waals surface area contributed by atoms with Gasteiger partial charge in [0, 0.05) is 12.1 Å². The van der Waals surface area contributed by atoms with Gasteiger partial charge in [0.25, 0.3) is 0 Å². The number of ether oxygens (including phenoxy) is 1. The summed E-state index contributed by atoms with van der Waals surface area (Å²) < 4.78 is 5.23. The number of oxime groups is 1. The van der Waals surface area contributed by atoms with Crippen molar-refractivity contribution < 1.29 is 9.94 Å². The van der Waals surface area contributed by atoms with Crippen LogP contribution in [0.3, 0.4) is 0 Å². The lowest BCUT2D eigenvalue weighted by Gasteiger charge is -2.25. The predicted molar refractivity (Wildman–Crippen MR) is 79.2 cm³/mol. The summed E-state index contributed by atoms with van der Waals surface area (Å²) in [5.41, 5.74) is 7.63. The van der Waals surface area contributed by atoms with Crippen LogP contribution in [0.25, 0.3) is 0 Å². The molecule has 0 amide bonds. The van der Waals surface area contributed by atoms with Crippen LogP contribution in [-0.2, 0) is 6.54 Å². The minimum atomic E-state index is 0.0655. The first-order chi connectivity index (χ1) is 9.58. The Morgan fingerprint density at radius 2 is 2.15 bits per heavy atom. The van der Waals surface area contributed by atoms with Gasteiger partial charge in [0.15, 0.2) is 5.84 Å². The molecule has 1 aromatic carbocycles. The van der Waals surface area contributed by atoms with Crippen molar-refractivity contribution in [3.05, 3.63) is 29.3 Å². The van der Waals surface area contributed by atoms with E-state index in [1.807, 2.05) is 18.2 Å². The Bertz CT molecular complexity index is 494. The summed E-state index contributed by atoms with van der Waals surface area (Å²) in [6.45, 7) is 3.04. The molecule has 5 nitrogen and oxygen atoms in total. The molecule has 1 aliphatic rings. The summed E-state index contributed by atoms with van der Waals surface area (Å²) in [4.78, 5) is 0. The van der Waals surface area contributed by atoms with E-state index in [1.165, 1.54) is 25.7 Å². The Kier molecular flexibility index (Phi) is 4.49. The van der Waals surface area contributed by atoms with Gasteiger partial charge < -0.3 is 21.0 Å². The van der Waals surface area contributed by atoms with Crippen LogP contribution < -0.4 is 15.8 Å². The molecule has 0 spiro atoms. The molecule has 20 heavy (non-hydrogen) atoms. The molecule has 0 radical (unpaired) electrons. The molecule has 0 aromatic heterocycles. The number of hydrogen-bond acceptors (Lipinski definition) is 4. The van der Waals surface area contributed by atoms with Crippen molar-refractivity contribution in [1.82, 2.24) is 5.32 Å². The van der Waals surface area contributed by atoms with Gasteiger partial charge in [-0.1, -0.05) is 24.1 Å². The number of nitrogens with one attached hydrogen (secondary N) is 1. The Balaban J connectivity index is 2.12. The Labute approximate surface area is 119 Å². The van der Waals surface area contributed by atoms with Crippen molar-refractivity contribution in [2.75, 3.05) is 7.11 Å². The molecule has 1 aromatic rings. The quantitative estimate of drug-likeness (QED) is 0.334. The SMILES string of the molecule is COc1ccc(CNC2(C)CCCC2)cc1C(N)=NO. The zero-order valence-corrected chi connectivity index (χ0v) is 12.1. The van der Waals surface area contributed by atoms with Gasteiger partial charge in [-0.25, -0.2) is 0 Å². The predicted octanol–water partition coefficient (Wildman–Crippen LogP) is 2.21. The van der Waals surface area contributed by atoms with Crippen LogP contribution in [0.1, 0.15) is 43.7 Å². The lowest BCUT2D eigenvalue weighted by Crippen LogP contribution is -2.38. The first-order valence-electron chi connectivity index (χ1n) is 6.98. The van der Waals surface area contributed by atoms with Gasteiger partial charge >= 0.3 is 0 Å². The lowest BCUT2D eigenvalue weighted by molar-refractivity contribution is 0.318. The second-order valence-corrected chi connectivity index (χ2v) is 5.64. The van der Waals surface area contributed by atoms with Crippen molar-refractivity contribution in [2.24, 2.45) is 10.9 Å². The second kappa shape index (κ2) is 6.13. The van der Waals surface area contributed by atoms with Crippen molar-refractivity contribution in [3.8, 4) is 5.75 Å². The van der Waals surface area contributed by atoms with Gasteiger partial charge in [0.1, 0.15) is 5.75 Å². The molecule has 0 atom stereocenters. The molecule has 0 unspecified atom stereocenters. The monoisotopic (exact) mass is 277 g/mol. The number of rotatable bonds is 5. The van der Waals surface area contributed by atoms with E-state index in [2.05, 4.69) is 17.4 Å². The van der Waals surface area contributed by atoms with Gasteiger partial charge in [-0.3, -0.25) is 0 Å². The molecule has 4 N–H and O–H groups in total. The van der Waals surface area contributed by atoms with Crippen LogP contribution >= 0.6 is 0 Å². The topological polar surface area (TPSA) is 79.9 Å². The van der Waals surface area contributed by atoms with Gasteiger partial charge in [0.05, 0.1) is 12.7 Å². The van der Waals surface area contributed by atoms with Gasteiger partial charge in [0.2, 0.25) is 0 Å². The highest BCUT2D eigenvalue weighted by molar-refractivity contribution is 5.99. The maximum atomic E-state index is 8.83. The third-order valence-electron chi connectivity index (χ3n) is 4.07. The summed E-state index contributed by atoms with van der Waals surface area (Å²) in [6, 6.07) is 5.75. The van der Waals surface area contributed by atoms with Crippen LogP contribution in [-0.4, -0.2) is 23.7 Å². The maximum Gasteiger partial charge on any atom is 0.173 e. The fraction of sp³-hybridized carbons (Fsp3) is 0.533. The van der Waals surface area contributed by atoms with Crippen molar-refractivity contribution >= 4 is 5.84 Å². The molecule has 110 valence electrons. The average molecular weight is 277 g/mol. The first kappa shape index (κ1) is 14.7. The van der Waals surface area contributed by atoms with Crippen LogP contribution in [0.2, 0.25) is 0 Å². The van der Waals surface area contributed by atoms with E-state index in [0.717, 1.165) is 12.1 Å². The van der Waals surface area contributed by atoms with E-state index in [1.54, 1.807) is 7.11 Å². The second-order valence-electron chi connectivity index (χ2n) is 5.64. The molecular weight excluding hydrogens is 254 g/mol. The zero-order chi connectivity index (χ0) is 14.6. The van der Waals surface area contributed by atoms with E-state index in [-0.39, 0.29) is 11.4 Å². The Morgan fingerprint density at radius 1 is 1.45 bits per heavy atom. The molecule has 1 aliphatic carbocycles. The zero-order valence-electron chi connectivity index (χ0n) is 12.1. The number of benzene rings is 1. The van der Waals surface area contributed by atoms with E-state index in [4.69, 9.17) is 15.7 Å². The average Bonchev–Trinajstić information content (AvgIpc) is 2.91. The summed E-state index contributed by atoms with van der Waals surface area (Å²) in [5, 5.41) is 15.5. The number of methoxy groups -OCH3 is 1. The van der Waals surface area contributed by atoms with E-state index in [9.17, 15) is 0 Å². The maximum absolute atomic E-state index is 8.83. The van der Waals surface area contributed by atoms with Gasteiger partial charge in [-0.05, 0) is 37.5 Å². The standard InChI is InChI=1S/C15H23N3O2/c1-15(7-3-4-8-15)17-10-11-5-6-13(20-2)12(9-11)14(16)18-19/h5-6,9,17,19H,3-4,7-8,10H2,1-2H3,(H2,16,18). The van der Waals surface area contributed by atoms with Crippen LogP contribution in [0.15, 0.2) is 23.4 Å². The van der Waals surface area contributed by atoms with Crippen LogP contribution in [0.5, 0.6) is 5.75 Å². The molecule has 0 bridgehead atoms. The highest BCUT2D eigenvalue weighted by Crippen LogP contribution is 2.29. The fourth-order valence-electron chi connectivity index (χ4n) is 2.77. The number of nitrogens with zero attached hydrogens (tertiary/aromatic N) is 1. The highest BCUT2D eigenvalue weighted by Gasteiger charge is 2.27. The molecular formula is C15H23N3O2. The van der Waals surface area contributed by atoms with Crippen molar-refractivity contribution in [1.29, 1.82) is 0 Å².